The summed E-state index contributed by atoms with van der Waals surface area (Å²) in [6, 6.07) is 7.55. The number of anilines is 1. The van der Waals surface area contributed by atoms with Crippen LogP contribution in [-0.4, -0.2) is 18.0 Å². The van der Waals surface area contributed by atoms with Gasteiger partial charge in [-0.1, -0.05) is 12.1 Å². The maximum atomic E-state index is 5.64. The van der Waals surface area contributed by atoms with Gasteiger partial charge in [-0.05, 0) is 12.1 Å². The molecular weight excluding hydrogens is 166 g/mol. The van der Waals surface area contributed by atoms with E-state index in [4.69, 9.17) is 5.73 Å². The van der Waals surface area contributed by atoms with E-state index in [9.17, 15) is 0 Å². The summed E-state index contributed by atoms with van der Waals surface area (Å²) in [5.41, 5.74) is 13.1. The Hall–Kier alpha value is -1.75. The Balaban J connectivity index is 2.26. The van der Waals surface area contributed by atoms with Gasteiger partial charge in [0.05, 0.1) is 0 Å². The molecule has 68 valence electrons. The molecular formula is C8H11N5. The zero-order valence-corrected chi connectivity index (χ0v) is 7.28. The lowest BCUT2D eigenvalue weighted by Gasteiger charge is -2.08. The van der Waals surface area contributed by atoms with Crippen molar-refractivity contribution in [3.8, 4) is 0 Å². The molecule has 4 N–H and O–H groups in total. The SMILES string of the molecule is CN1NN=C(c2cccc(N)c2)N1. The third kappa shape index (κ3) is 1.54. The number of hydrogen-bond acceptors (Lipinski definition) is 5. The molecule has 1 aromatic rings. The van der Waals surface area contributed by atoms with Gasteiger partial charge >= 0.3 is 0 Å². The lowest BCUT2D eigenvalue weighted by molar-refractivity contribution is 0.232. The Labute approximate surface area is 76.2 Å². The number of rotatable bonds is 1. The van der Waals surface area contributed by atoms with E-state index in [1.807, 2.05) is 31.3 Å². The minimum atomic E-state index is 0.733. The van der Waals surface area contributed by atoms with Crippen molar-refractivity contribution >= 4 is 11.5 Å². The van der Waals surface area contributed by atoms with Crippen molar-refractivity contribution in [3.63, 3.8) is 0 Å². The lowest BCUT2D eigenvalue weighted by Crippen LogP contribution is -2.37. The number of benzene rings is 1. The molecule has 1 aliphatic heterocycles. The van der Waals surface area contributed by atoms with Crippen LogP contribution in [0.1, 0.15) is 5.56 Å². The fourth-order valence-electron chi connectivity index (χ4n) is 1.15. The maximum absolute atomic E-state index is 5.64. The van der Waals surface area contributed by atoms with Crippen molar-refractivity contribution in [1.29, 1.82) is 0 Å². The van der Waals surface area contributed by atoms with Crippen LogP contribution in [0.3, 0.4) is 0 Å². The molecule has 0 spiro atoms. The smallest absolute Gasteiger partial charge is 0.170 e. The summed E-state index contributed by atoms with van der Waals surface area (Å²) >= 11 is 0. The van der Waals surface area contributed by atoms with Gasteiger partial charge in [-0.25, -0.2) is 5.53 Å². The third-order valence-corrected chi connectivity index (χ3v) is 1.75. The molecule has 0 fully saturated rings. The van der Waals surface area contributed by atoms with E-state index in [0.717, 1.165) is 17.1 Å². The number of hydrogen-bond donors (Lipinski definition) is 3. The molecule has 0 aromatic heterocycles. The molecule has 2 rings (SSSR count). The van der Waals surface area contributed by atoms with E-state index in [2.05, 4.69) is 16.1 Å². The van der Waals surface area contributed by atoms with Crippen LogP contribution in [0.2, 0.25) is 0 Å². The fraction of sp³-hybridized carbons (Fsp3) is 0.125. The highest BCUT2D eigenvalue weighted by molar-refractivity contribution is 5.99. The topological polar surface area (TPSA) is 65.7 Å². The molecule has 13 heavy (non-hydrogen) atoms. The number of hydrazone groups is 1. The van der Waals surface area contributed by atoms with Gasteiger partial charge in [0.25, 0.3) is 0 Å². The summed E-state index contributed by atoms with van der Waals surface area (Å²) in [5.74, 6) is 0.773. The van der Waals surface area contributed by atoms with E-state index in [0.29, 0.717) is 0 Å². The number of nitrogens with zero attached hydrogens (tertiary/aromatic N) is 2. The Morgan fingerprint density at radius 2 is 2.31 bits per heavy atom. The van der Waals surface area contributed by atoms with Gasteiger partial charge in [0.15, 0.2) is 5.84 Å². The van der Waals surface area contributed by atoms with Crippen molar-refractivity contribution in [2.75, 3.05) is 12.8 Å². The molecule has 0 atom stereocenters. The van der Waals surface area contributed by atoms with Crippen molar-refractivity contribution in [2.24, 2.45) is 5.10 Å². The molecule has 0 aliphatic carbocycles. The zero-order chi connectivity index (χ0) is 9.26. The molecule has 0 unspecified atom stereocenters. The van der Waals surface area contributed by atoms with E-state index in [1.54, 1.807) is 5.12 Å². The van der Waals surface area contributed by atoms with E-state index in [-0.39, 0.29) is 0 Å². The number of hydrazine groups is 2. The van der Waals surface area contributed by atoms with Gasteiger partial charge in [0.1, 0.15) is 0 Å². The first-order chi connectivity index (χ1) is 6.25. The van der Waals surface area contributed by atoms with E-state index >= 15 is 0 Å². The summed E-state index contributed by atoms with van der Waals surface area (Å²) in [6.07, 6.45) is 0. The molecule has 5 heteroatoms. The Kier molecular flexibility index (Phi) is 1.79. The monoisotopic (exact) mass is 177 g/mol. The van der Waals surface area contributed by atoms with Crippen molar-refractivity contribution in [3.05, 3.63) is 29.8 Å². The van der Waals surface area contributed by atoms with Gasteiger partial charge < -0.3 is 5.73 Å². The summed E-state index contributed by atoms with van der Waals surface area (Å²) in [5, 5.41) is 5.72. The molecule has 0 radical (unpaired) electrons. The minimum absolute atomic E-state index is 0.733. The summed E-state index contributed by atoms with van der Waals surface area (Å²) < 4.78 is 0. The molecule has 0 bridgehead atoms. The fourth-order valence-corrected chi connectivity index (χ4v) is 1.15. The Morgan fingerprint density at radius 1 is 1.46 bits per heavy atom. The predicted octanol–water partition coefficient (Wildman–Crippen LogP) is -0.115. The summed E-state index contributed by atoms with van der Waals surface area (Å²) in [7, 11) is 1.84. The van der Waals surface area contributed by atoms with Gasteiger partial charge in [-0.15, -0.1) is 10.2 Å². The number of nitrogens with two attached hydrogens (primary N) is 1. The predicted molar refractivity (Wildman–Crippen MR) is 51.4 cm³/mol. The standard InChI is InChI=1S/C8H11N5/c1-13-11-8(10-12-13)6-3-2-4-7(9)5-6/h2-5,12H,9H2,1H3,(H,10,11). The van der Waals surface area contributed by atoms with Crippen LogP contribution in [-0.2, 0) is 0 Å². The van der Waals surface area contributed by atoms with Gasteiger partial charge in [0.2, 0.25) is 0 Å². The van der Waals surface area contributed by atoms with Crippen LogP contribution < -0.4 is 16.7 Å². The van der Waals surface area contributed by atoms with Crippen LogP contribution in [0.5, 0.6) is 0 Å². The molecule has 1 aliphatic rings. The van der Waals surface area contributed by atoms with Crippen molar-refractivity contribution < 1.29 is 0 Å². The first-order valence-electron chi connectivity index (χ1n) is 3.95. The summed E-state index contributed by atoms with van der Waals surface area (Å²) in [6.45, 7) is 0. The van der Waals surface area contributed by atoms with Crippen molar-refractivity contribution in [1.82, 2.24) is 16.1 Å². The van der Waals surface area contributed by atoms with Crippen LogP contribution in [0, 0.1) is 0 Å². The molecule has 5 nitrogen and oxygen atoms in total. The molecule has 1 aromatic carbocycles. The minimum Gasteiger partial charge on any atom is -0.399 e. The normalized spacial score (nSPS) is 16.2. The maximum Gasteiger partial charge on any atom is 0.170 e. The number of nitrogens with one attached hydrogen (secondary N) is 2. The number of nitrogen functional groups attached to an aromatic ring is 1. The van der Waals surface area contributed by atoms with Crippen LogP contribution >= 0.6 is 0 Å². The highest BCUT2D eigenvalue weighted by Gasteiger charge is 2.11. The zero-order valence-electron chi connectivity index (χ0n) is 7.28. The largest absolute Gasteiger partial charge is 0.399 e. The van der Waals surface area contributed by atoms with Crippen LogP contribution in [0.25, 0.3) is 0 Å². The van der Waals surface area contributed by atoms with Gasteiger partial charge in [-0.2, -0.15) is 0 Å². The van der Waals surface area contributed by atoms with Crippen LogP contribution in [0.4, 0.5) is 5.69 Å². The number of amidine groups is 1. The lowest BCUT2D eigenvalue weighted by atomic mass is 10.2. The van der Waals surface area contributed by atoms with E-state index in [1.165, 1.54) is 0 Å². The van der Waals surface area contributed by atoms with Gasteiger partial charge in [-0.3, -0.25) is 5.43 Å². The second kappa shape index (κ2) is 2.95. The highest BCUT2D eigenvalue weighted by atomic mass is 15.9. The highest BCUT2D eigenvalue weighted by Crippen LogP contribution is 2.07. The quantitative estimate of drug-likeness (QED) is 0.523. The second-order valence-electron chi connectivity index (χ2n) is 2.86. The first-order valence-corrected chi connectivity index (χ1v) is 3.95. The van der Waals surface area contributed by atoms with Crippen molar-refractivity contribution in [2.45, 2.75) is 0 Å². The third-order valence-electron chi connectivity index (χ3n) is 1.75. The van der Waals surface area contributed by atoms with Gasteiger partial charge in [0, 0.05) is 18.3 Å². The average Bonchev–Trinajstić information content (AvgIpc) is 2.52. The summed E-state index contributed by atoms with van der Waals surface area (Å²) in [4.78, 5) is 0. The molecule has 1 heterocycles. The average molecular weight is 177 g/mol. The second-order valence-corrected chi connectivity index (χ2v) is 2.86. The Morgan fingerprint density at radius 3 is 2.92 bits per heavy atom. The molecule has 0 amide bonds. The Bertz CT molecular complexity index is 346. The molecule has 0 saturated heterocycles. The van der Waals surface area contributed by atoms with E-state index < -0.39 is 0 Å². The van der Waals surface area contributed by atoms with Crippen LogP contribution in [0.15, 0.2) is 29.4 Å². The molecule has 0 saturated carbocycles. The first kappa shape index (κ1) is 7.88.